The second kappa shape index (κ2) is 7.02. The van der Waals surface area contributed by atoms with Gasteiger partial charge in [-0.05, 0) is 37.1 Å². The Morgan fingerprint density at radius 1 is 1.11 bits per heavy atom. The van der Waals surface area contributed by atoms with Crippen molar-refractivity contribution in [2.75, 3.05) is 6.54 Å². The van der Waals surface area contributed by atoms with Crippen LogP contribution in [0.25, 0.3) is 21.3 Å². The molecular formula is C22H22N4OS. The summed E-state index contributed by atoms with van der Waals surface area (Å²) in [4.78, 5) is 24.8. The highest BCUT2D eigenvalue weighted by atomic mass is 32.1. The molecule has 0 saturated carbocycles. The lowest BCUT2D eigenvalue weighted by Gasteiger charge is -2.24. The van der Waals surface area contributed by atoms with Crippen LogP contribution in [0.3, 0.4) is 0 Å². The minimum Gasteiger partial charge on any atom is -0.332 e. The van der Waals surface area contributed by atoms with Crippen LogP contribution in [-0.4, -0.2) is 31.9 Å². The standard InChI is InChI=1S/C22H22N4OS/c1-2-20-23-15-8-3-5-10-17(15)26(20)14-21(27)25-13-7-11-18(25)22-24-16-9-4-6-12-19(16)28-22/h3-6,8-10,12,18H,2,7,11,13-14H2,1H3/t18-/m1/s1. The molecule has 1 atom stereocenters. The van der Waals surface area contributed by atoms with Crippen molar-refractivity contribution in [1.29, 1.82) is 0 Å². The number of carbonyl (C=O) groups excluding carboxylic acids is 1. The van der Waals surface area contributed by atoms with Crippen molar-refractivity contribution in [3.05, 3.63) is 59.4 Å². The van der Waals surface area contributed by atoms with E-state index in [2.05, 4.69) is 17.6 Å². The summed E-state index contributed by atoms with van der Waals surface area (Å²) in [7, 11) is 0. The number of likely N-dealkylation sites (tertiary alicyclic amines) is 1. The van der Waals surface area contributed by atoms with E-state index >= 15 is 0 Å². The zero-order valence-electron chi connectivity index (χ0n) is 15.8. The SMILES string of the molecule is CCc1nc2ccccc2n1CC(=O)N1CCC[C@@H]1c1nc2ccccc2s1. The number of nitrogens with zero attached hydrogens (tertiary/aromatic N) is 4. The minimum atomic E-state index is 0.0877. The molecule has 5 rings (SSSR count). The molecule has 3 heterocycles. The summed E-state index contributed by atoms with van der Waals surface area (Å²) in [5.74, 6) is 1.12. The van der Waals surface area contributed by atoms with Crippen molar-refractivity contribution in [1.82, 2.24) is 19.4 Å². The fourth-order valence-electron chi connectivity index (χ4n) is 4.15. The molecule has 6 heteroatoms. The molecular weight excluding hydrogens is 368 g/mol. The van der Waals surface area contributed by atoms with Crippen molar-refractivity contribution in [3.8, 4) is 0 Å². The van der Waals surface area contributed by atoms with Crippen LogP contribution in [0.4, 0.5) is 0 Å². The molecule has 142 valence electrons. The molecule has 1 amide bonds. The first-order valence-corrected chi connectivity index (χ1v) is 10.7. The Labute approximate surface area is 167 Å². The van der Waals surface area contributed by atoms with Crippen LogP contribution >= 0.6 is 11.3 Å². The van der Waals surface area contributed by atoms with Gasteiger partial charge in [-0.1, -0.05) is 31.2 Å². The molecule has 0 radical (unpaired) electrons. The Balaban J connectivity index is 1.45. The van der Waals surface area contributed by atoms with Crippen LogP contribution < -0.4 is 0 Å². The van der Waals surface area contributed by atoms with Gasteiger partial charge in [0.15, 0.2) is 0 Å². The maximum absolute atomic E-state index is 13.3. The quantitative estimate of drug-likeness (QED) is 0.513. The molecule has 0 spiro atoms. The van der Waals surface area contributed by atoms with Gasteiger partial charge in [-0.25, -0.2) is 9.97 Å². The maximum Gasteiger partial charge on any atom is 0.243 e. The van der Waals surface area contributed by atoms with E-state index in [4.69, 9.17) is 9.97 Å². The average Bonchev–Trinajstić information content (AvgIpc) is 3.44. The fraction of sp³-hybridized carbons (Fsp3) is 0.318. The van der Waals surface area contributed by atoms with E-state index in [1.807, 2.05) is 47.4 Å². The number of hydrogen-bond acceptors (Lipinski definition) is 4. The van der Waals surface area contributed by atoms with Gasteiger partial charge in [0.05, 0.1) is 27.3 Å². The lowest BCUT2D eigenvalue weighted by molar-refractivity contribution is -0.132. The van der Waals surface area contributed by atoms with Crippen LogP contribution in [0, 0.1) is 0 Å². The molecule has 1 aliphatic heterocycles. The average molecular weight is 391 g/mol. The molecule has 0 bridgehead atoms. The fourth-order valence-corrected chi connectivity index (χ4v) is 5.27. The lowest BCUT2D eigenvalue weighted by atomic mass is 10.2. The molecule has 0 aliphatic carbocycles. The number of rotatable bonds is 4. The van der Waals surface area contributed by atoms with Crippen LogP contribution in [0.15, 0.2) is 48.5 Å². The number of para-hydroxylation sites is 3. The van der Waals surface area contributed by atoms with E-state index in [0.29, 0.717) is 6.54 Å². The molecule has 1 aliphatic rings. The van der Waals surface area contributed by atoms with Crippen LogP contribution in [-0.2, 0) is 17.8 Å². The third kappa shape index (κ3) is 2.88. The van der Waals surface area contributed by atoms with Crippen LogP contribution in [0.2, 0.25) is 0 Å². The van der Waals surface area contributed by atoms with Gasteiger partial charge in [-0.15, -0.1) is 11.3 Å². The Morgan fingerprint density at radius 2 is 1.89 bits per heavy atom. The van der Waals surface area contributed by atoms with Crippen molar-refractivity contribution in [2.24, 2.45) is 0 Å². The summed E-state index contributed by atoms with van der Waals surface area (Å²) in [6.07, 6.45) is 2.82. The summed E-state index contributed by atoms with van der Waals surface area (Å²) in [6, 6.07) is 16.3. The van der Waals surface area contributed by atoms with Gasteiger partial charge in [-0.3, -0.25) is 4.79 Å². The molecule has 28 heavy (non-hydrogen) atoms. The van der Waals surface area contributed by atoms with E-state index in [9.17, 15) is 4.79 Å². The molecule has 2 aromatic heterocycles. The number of aromatic nitrogens is 3. The van der Waals surface area contributed by atoms with Gasteiger partial charge in [0, 0.05) is 13.0 Å². The molecule has 1 fully saturated rings. The summed E-state index contributed by atoms with van der Waals surface area (Å²) in [5, 5.41) is 1.05. The normalized spacial score (nSPS) is 17.0. The smallest absolute Gasteiger partial charge is 0.243 e. The molecule has 5 nitrogen and oxygen atoms in total. The molecule has 0 N–H and O–H groups in total. The first-order chi connectivity index (χ1) is 13.7. The second-order valence-electron chi connectivity index (χ2n) is 7.22. The van der Waals surface area contributed by atoms with Gasteiger partial charge >= 0.3 is 0 Å². The third-order valence-corrected chi connectivity index (χ3v) is 6.65. The zero-order valence-corrected chi connectivity index (χ0v) is 16.7. The number of hydrogen-bond donors (Lipinski definition) is 0. The van der Waals surface area contributed by atoms with E-state index in [1.54, 1.807) is 11.3 Å². The van der Waals surface area contributed by atoms with Crippen molar-refractivity contribution in [3.63, 3.8) is 0 Å². The van der Waals surface area contributed by atoms with Gasteiger partial charge in [0.1, 0.15) is 17.4 Å². The van der Waals surface area contributed by atoms with Crippen molar-refractivity contribution in [2.45, 2.75) is 38.8 Å². The Kier molecular flexibility index (Phi) is 4.36. The number of carbonyl (C=O) groups is 1. The Bertz CT molecular complexity index is 1130. The summed E-state index contributed by atoms with van der Waals surface area (Å²) < 4.78 is 3.26. The highest BCUT2D eigenvalue weighted by Gasteiger charge is 2.32. The highest BCUT2D eigenvalue weighted by Crippen LogP contribution is 2.36. The minimum absolute atomic E-state index is 0.0877. The Morgan fingerprint density at radius 3 is 2.71 bits per heavy atom. The first-order valence-electron chi connectivity index (χ1n) is 9.83. The van der Waals surface area contributed by atoms with Gasteiger partial charge in [0.25, 0.3) is 0 Å². The summed E-state index contributed by atoms with van der Waals surface area (Å²) in [6.45, 7) is 3.22. The Hall–Kier alpha value is -2.73. The van der Waals surface area contributed by atoms with Gasteiger partial charge < -0.3 is 9.47 Å². The predicted octanol–water partition coefficient (Wildman–Crippen LogP) is 4.57. The molecule has 4 aromatic rings. The zero-order chi connectivity index (χ0) is 19.1. The predicted molar refractivity (Wildman–Crippen MR) is 112 cm³/mol. The number of benzene rings is 2. The van der Waals surface area contributed by atoms with Gasteiger partial charge in [0.2, 0.25) is 5.91 Å². The van der Waals surface area contributed by atoms with Gasteiger partial charge in [-0.2, -0.15) is 0 Å². The van der Waals surface area contributed by atoms with E-state index in [-0.39, 0.29) is 11.9 Å². The first kappa shape index (κ1) is 17.4. The van der Waals surface area contributed by atoms with Crippen molar-refractivity contribution >= 4 is 38.5 Å². The number of thiazole rings is 1. The van der Waals surface area contributed by atoms with E-state index in [1.165, 1.54) is 4.70 Å². The van der Waals surface area contributed by atoms with Crippen molar-refractivity contribution < 1.29 is 4.79 Å². The molecule has 2 aromatic carbocycles. The second-order valence-corrected chi connectivity index (χ2v) is 8.28. The lowest BCUT2D eigenvalue weighted by Crippen LogP contribution is -2.33. The highest BCUT2D eigenvalue weighted by molar-refractivity contribution is 7.18. The molecule has 1 saturated heterocycles. The molecule has 0 unspecified atom stereocenters. The van der Waals surface area contributed by atoms with E-state index in [0.717, 1.165) is 53.2 Å². The number of imidazole rings is 1. The topological polar surface area (TPSA) is 51.0 Å². The van der Waals surface area contributed by atoms with E-state index < -0.39 is 0 Å². The number of aryl methyl sites for hydroxylation is 1. The number of fused-ring (bicyclic) bond motifs is 2. The number of amides is 1. The van der Waals surface area contributed by atoms with Crippen LogP contribution in [0.5, 0.6) is 0 Å². The summed E-state index contributed by atoms with van der Waals surface area (Å²) >= 11 is 1.71. The largest absolute Gasteiger partial charge is 0.332 e. The van der Waals surface area contributed by atoms with Crippen LogP contribution in [0.1, 0.15) is 36.6 Å². The summed E-state index contributed by atoms with van der Waals surface area (Å²) in [5.41, 5.74) is 3.01. The third-order valence-electron chi connectivity index (χ3n) is 5.51. The maximum atomic E-state index is 13.3. The monoisotopic (exact) mass is 390 g/mol.